The zero-order valence-electron chi connectivity index (χ0n) is 21.6. The fraction of sp³-hybridized carbons (Fsp3) is 0.310. The molecule has 2 amide bonds. The van der Waals surface area contributed by atoms with Crippen LogP contribution in [0, 0.1) is 5.82 Å². The van der Waals surface area contributed by atoms with Gasteiger partial charge in [-0.25, -0.2) is 12.8 Å². The maximum atomic E-state index is 13.9. The number of nitrogens with zero attached hydrogens (tertiary/aromatic N) is 2. The van der Waals surface area contributed by atoms with Gasteiger partial charge in [-0.3, -0.25) is 13.9 Å². The number of carbonyl (C=O) groups excluding carboxylic acids is 2. The van der Waals surface area contributed by atoms with E-state index < -0.39 is 34.3 Å². The van der Waals surface area contributed by atoms with Gasteiger partial charge in [-0.2, -0.15) is 0 Å². The molecule has 0 bridgehead atoms. The van der Waals surface area contributed by atoms with Crippen LogP contribution in [0.3, 0.4) is 0 Å². The van der Waals surface area contributed by atoms with Gasteiger partial charge in [-0.15, -0.1) is 0 Å². The Kier molecular flexibility index (Phi) is 9.24. The van der Waals surface area contributed by atoms with Crippen molar-refractivity contribution in [2.75, 3.05) is 10.8 Å². The minimum Gasteiger partial charge on any atom is -0.352 e. The zero-order valence-corrected chi connectivity index (χ0v) is 23.2. The molecule has 10 heteroatoms. The predicted octanol–water partition coefficient (Wildman–Crippen LogP) is 5.15. The van der Waals surface area contributed by atoms with Crippen LogP contribution in [0.1, 0.15) is 38.2 Å². The van der Waals surface area contributed by atoms with Crippen molar-refractivity contribution in [3.8, 4) is 0 Å². The molecule has 1 N–H and O–H groups in total. The Balaban J connectivity index is 1.67. The zero-order chi connectivity index (χ0) is 28.0. The van der Waals surface area contributed by atoms with E-state index in [1.807, 2.05) is 0 Å². The van der Waals surface area contributed by atoms with Crippen molar-refractivity contribution in [1.29, 1.82) is 0 Å². The maximum absolute atomic E-state index is 13.9. The summed E-state index contributed by atoms with van der Waals surface area (Å²) in [5.41, 5.74) is 0.815. The number of rotatable bonds is 10. The molecular weight excluding hydrogens is 541 g/mol. The van der Waals surface area contributed by atoms with E-state index >= 15 is 0 Å². The van der Waals surface area contributed by atoms with E-state index in [9.17, 15) is 22.4 Å². The molecule has 1 atom stereocenters. The van der Waals surface area contributed by atoms with E-state index in [4.69, 9.17) is 11.6 Å². The highest BCUT2D eigenvalue weighted by atomic mass is 35.5. The SMILES string of the molecule is CC(C(=O)NC1CCCC1)N(Cc1ccc(F)cc1)C(=O)CN(c1cccc(Cl)c1)S(=O)(=O)c1ccccc1. The van der Waals surface area contributed by atoms with E-state index in [2.05, 4.69) is 5.32 Å². The van der Waals surface area contributed by atoms with Gasteiger partial charge >= 0.3 is 0 Å². The molecule has 1 saturated carbocycles. The lowest BCUT2D eigenvalue weighted by atomic mass is 10.1. The molecule has 206 valence electrons. The van der Waals surface area contributed by atoms with Crippen molar-refractivity contribution in [3.63, 3.8) is 0 Å². The van der Waals surface area contributed by atoms with Crippen LogP contribution in [0.4, 0.5) is 10.1 Å². The van der Waals surface area contributed by atoms with Crippen LogP contribution >= 0.6 is 11.6 Å². The highest BCUT2D eigenvalue weighted by molar-refractivity contribution is 7.92. The molecule has 3 aromatic rings. The molecule has 7 nitrogen and oxygen atoms in total. The van der Waals surface area contributed by atoms with E-state index in [1.165, 1.54) is 47.4 Å². The summed E-state index contributed by atoms with van der Waals surface area (Å²) < 4.78 is 42.0. The van der Waals surface area contributed by atoms with Gasteiger partial charge in [-0.1, -0.05) is 60.8 Å². The summed E-state index contributed by atoms with van der Waals surface area (Å²) in [6.45, 7) is 1.04. The first-order valence-electron chi connectivity index (χ1n) is 12.8. The predicted molar refractivity (Wildman–Crippen MR) is 149 cm³/mol. The van der Waals surface area contributed by atoms with Gasteiger partial charge in [0.05, 0.1) is 10.6 Å². The van der Waals surface area contributed by atoms with Crippen LogP contribution in [0.2, 0.25) is 5.02 Å². The smallest absolute Gasteiger partial charge is 0.264 e. The van der Waals surface area contributed by atoms with Crippen molar-refractivity contribution in [2.24, 2.45) is 0 Å². The second-order valence-corrected chi connectivity index (χ2v) is 11.9. The van der Waals surface area contributed by atoms with Gasteiger partial charge in [-0.05, 0) is 67.8 Å². The Hall–Kier alpha value is -3.43. The molecule has 1 aliphatic rings. The standard InChI is InChI=1S/C29H31ClFN3O4S/c1-21(29(36)32-25-9-5-6-10-25)33(19-22-14-16-24(31)17-15-22)28(35)20-34(26-11-7-8-23(30)18-26)39(37,38)27-12-3-2-4-13-27/h2-4,7-8,11-18,21,25H,5-6,9-10,19-20H2,1H3,(H,32,36). The van der Waals surface area contributed by atoms with E-state index in [1.54, 1.807) is 43.3 Å². The van der Waals surface area contributed by atoms with Gasteiger partial charge in [0.1, 0.15) is 18.4 Å². The number of carbonyl (C=O) groups is 2. The summed E-state index contributed by atoms with van der Waals surface area (Å²) in [5.74, 6) is -1.34. The topological polar surface area (TPSA) is 86.8 Å². The first-order chi connectivity index (χ1) is 18.6. The van der Waals surface area contributed by atoms with Crippen LogP contribution in [-0.2, 0) is 26.2 Å². The molecule has 39 heavy (non-hydrogen) atoms. The average molecular weight is 572 g/mol. The largest absolute Gasteiger partial charge is 0.352 e. The first-order valence-corrected chi connectivity index (χ1v) is 14.6. The Morgan fingerprint density at radius 1 is 1.00 bits per heavy atom. The summed E-state index contributed by atoms with van der Waals surface area (Å²) in [6.07, 6.45) is 3.82. The molecule has 0 aromatic heterocycles. The highest BCUT2D eigenvalue weighted by Crippen LogP contribution is 2.27. The normalized spacial score (nSPS) is 14.5. The minimum atomic E-state index is -4.17. The Bertz CT molecular complexity index is 1400. The van der Waals surface area contributed by atoms with E-state index in [0.717, 1.165) is 30.0 Å². The van der Waals surface area contributed by atoms with Gasteiger partial charge in [0.15, 0.2) is 0 Å². The summed E-state index contributed by atoms with van der Waals surface area (Å²) in [4.78, 5) is 28.4. The van der Waals surface area contributed by atoms with Gasteiger partial charge in [0, 0.05) is 17.6 Å². The van der Waals surface area contributed by atoms with Crippen LogP contribution in [-0.4, -0.2) is 43.8 Å². The Labute approximate surface area is 233 Å². The lowest BCUT2D eigenvalue weighted by molar-refractivity contribution is -0.139. The number of hydrogen-bond donors (Lipinski definition) is 1. The quantitative estimate of drug-likeness (QED) is 0.365. The van der Waals surface area contributed by atoms with E-state index in [-0.39, 0.29) is 29.1 Å². The van der Waals surface area contributed by atoms with Crippen molar-refractivity contribution in [3.05, 3.63) is 95.3 Å². The molecular formula is C29H31ClFN3O4S. The van der Waals surface area contributed by atoms with Crippen molar-refractivity contribution >= 4 is 39.1 Å². The monoisotopic (exact) mass is 571 g/mol. The fourth-order valence-electron chi connectivity index (χ4n) is 4.64. The van der Waals surface area contributed by atoms with Gasteiger partial charge in [0.25, 0.3) is 10.0 Å². The number of sulfonamides is 1. The summed E-state index contributed by atoms with van der Waals surface area (Å²) in [7, 11) is -4.17. The highest BCUT2D eigenvalue weighted by Gasteiger charge is 2.33. The molecule has 1 aliphatic carbocycles. The third-order valence-electron chi connectivity index (χ3n) is 6.84. The molecule has 3 aromatic carbocycles. The van der Waals surface area contributed by atoms with Crippen molar-refractivity contribution < 1.29 is 22.4 Å². The van der Waals surface area contributed by atoms with Crippen LogP contribution < -0.4 is 9.62 Å². The number of nitrogens with one attached hydrogen (secondary N) is 1. The summed E-state index contributed by atoms with van der Waals surface area (Å²) in [5, 5.41) is 3.32. The molecule has 1 fully saturated rings. The number of halogens is 2. The number of benzene rings is 3. The first kappa shape index (κ1) is 28.6. The Morgan fingerprint density at radius 3 is 2.31 bits per heavy atom. The molecule has 0 saturated heterocycles. The van der Waals surface area contributed by atoms with Crippen LogP contribution in [0.15, 0.2) is 83.8 Å². The average Bonchev–Trinajstić information content (AvgIpc) is 3.44. The third-order valence-corrected chi connectivity index (χ3v) is 8.86. The van der Waals surface area contributed by atoms with Crippen LogP contribution in [0.25, 0.3) is 0 Å². The molecule has 1 unspecified atom stereocenters. The molecule has 0 aliphatic heterocycles. The Morgan fingerprint density at radius 2 is 1.67 bits per heavy atom. The minimum absolute atomic E-state index is 0.00681. The molecule has 0 spiro atoms. The summed E-state index contributed by atoms with van der Waals surface area (Å²) in [6, 6.07) is 18.8. The second-order valence-electron chi connectivity index (χ2n) is 9.62. The second kappa shape index (κ2) is 12.6. The van der Waals surface area contributed by atoms with Gasteiger partial charge in [0.2, 0.25) is 11.8 Å². The molecule has 0 heterocycles. The third kappa shape index (κ3) is 7.16. The molecule has 4 rings (SSSR count). The lowest BCUT2D eigenvalue weighted by Crippen LogP contribution is -2.52. The number of anilines is 1. The number of amides is 2. The summed E-state index contributed by atoms with van der Waals surface area (Å²) >= 11 is 6.18. The maximum Gasteiger partial charge on any atom is 0.264 e. The molecule has 0 radical (unpaired) electrons. The van der Waals surface area contributed by atoms with Crippen molar-refractivity contribution in [1.82, 2.24) is 10.2 Å². The number of hydrogen-bond acceptors (Lipinski definition) is 4. The van der Waals surface area contributed by atoms with Crippen molar-refractivity contribution in [2.45, 2.75) is 56.1 Å². The van der Waals surface area contributed by atoms with E-state index in [0.29, 0.717) is 10.6 Å². The van der Waals surface area contributed by atoms with Crippen LogP contribution in [0.5, 0.6) is 0 Å². The fourth-order valence-corrected chi connectivity index (χ4v) is 6.25. The lowest BCUT2D eigenvalue weighted by Gasteiger charge is -2.32. The van der Waals surface area contributed by atoms with Gasteiger partial charge < -0.3 is 10.2 Å².